The molecular weight excluding hydrogens is 282 g/mol. The van der Waals surface area contributed by atoms with Crippen molar-refractivity contribution in [2.24, 2.45) is 0 Å². The maximum absolute atomic E-state index is 3.65. The van der Waals surface area contributed by atoms with E-state index in [9.17, 15) is 0 Å². The van der Waals surface area contributed by atoms with Crippen LogP contribution in [0.1, 0.15) is 83.1 Å². The van der Waals surface area contributed by atoms with E-state index in [1.54, 1.807) is 0 Å². The molecule has 0 heterocycles. The second-order valence-corrected chi connectivity index (χ2v) is 10.7. The molecule has 0 rings (SSSR count). The van der Waals surface area contributed by atoms with E-state index < -0.39 is 0 Å². The lowest BCUT2D eigenvalue weighted by Crippen LogP contribution is -2.56. The minimum atomic E-state index is 0.197. The van der Waals surface area contributed by atoms with Crippen LogP contribution in [0.3, 0.4) is 0 Å². The Kier molecular flexibility index (Phi) is 7.80. The molecule has 0 aromatic heterocycles. The summed E-state index contributed by atoms with van der Waals surface area (Å²) in [5.74, 6) is 0. The Morgan fingerprint density at radius 3 is 0.870 bits per heavy atom. The third-order valence-corrected chi connectivity index (χ3v) is 4.26. The van der Waals surface area contributed by atoms with Crippen LogP contribution in [0.25, 0.3) is 0 Å². The second-order valence-electron chi connectivity index (χ2n) is 10.7. The standard InChI is InChI=1S/C20H45N3/c1-17(2,3)22(18(4,5)6)15-13-21-14-16-23(19(7,8)9)20(10,11)12/h21H,13-16H2,1-12H3. The zero-order valence-electron chi connectivity index (χ0n) is 18.2. The largest absolute Gasteiger partial charge is 0.314 e. The van der Waals surface area contributed by atoms with Gasteiger partial charge < -0.3 is 5.32 Å². The summed E-state index contributed by atoms with van der Waals surface area (Å²) in [6, 6.07) is 0. The van der Waals surface area contributed by atoms with Crippen LogP contribution in [0.5, 0.6) is 0 Å². The molecule has 0 atom stereocenters. The predicted molar refractivity (Wildman–Crippen MR) is 105 cm³/mol. The summed E-state index contributed by atoms with van der Waals surface area (Å²) in [5, 5.41) is 3.65. The first-order valence-electron chi connectivity index (χ1n) is 9.23. The van der Waals surface area contributed by atoms with E-state index in [2.05, 4.69) is 98.2 Å². The van der Waals surface area contributed by atoms with E-state index in [0.717, 1.165) is 26.2 Å². The molecule has 140 valence electrons. The average molecular weight is 328 g/mol. The highest BCUT2D eigenvalue weighted by Crippen LogP contribution is 2.24. The molecule has 23 heavy (non-hydrogen) atoms. The highest BCUT2D eigenvalue weighted by molar-refractivity contribution is 4.88. The Labute approximate surface area is 147 Å². The number of hydrogen-bond donors (Lipinski definition) is 1. The second kappa shape index (κ2) is 7.84. The van der Waals surface area contributed by atoms with Crippen molar-refractivity contribution in [2.45, 2.75) is 105 Å². The van der Waals surface area contributed by atoms with Gasteiger partial charge in [0.2, 0.25) is 0 Å². The summed E-state index contributed by atoms with van der Waals surface area (Å²) >= 11 is 0. The molecule has 0 unspecified atom stereocenters. The molecule has 0 radical (unpaired) electrons. The predicted octanol–water partition coefficient (Wildman–Crippen LogP) is 4.37. The summed E-state index contributed by atoms with van der Waals surface area (Å²) in [6.07, 6.45) is 0. The minimum absolute atomic E-state index is 0.197. The van der Waals surface area contributed by atoms with E-state index in [-0.39, 0.29) is 22.2 Å². The van der Waals surface area contributed by atoms with Crippen LogP contribution in [-0.4, -0.2) is 58.1 Å². The highest BCUT2D eigenvalue weighted by Gasteiger charge is 2.32. The topological polar surface area (TPSA) is 18.5 Å². The fourth-order valence-corrected chi connectivity index (χ4v) is 3.86. The Morgan fingerprint density at radius 2 is 0.696 bits per heavy atom. The van der Waals surface area contributed by atoms with E-state index >= 15 is 0 Å². The summed E-state index contributed by atoms with van der Waals surface area (Å²) in [6.45, 7) is 31.9. The van der Waals surface area contributed by atoms with Crippen LogP contribution in [-0.2, 0) is 0 Å². The Bertz CT molecular complexity index is 272. The lowest BCUT2D eigenvalue weighted by Gasteiger charge is -2.46. The molecule has 3 nitrogen and oxygen atoms in total. The van der Waals surface area contributed by atoms with Crippen LogP contribution >= 0.6 is 0 Å². The van der Waals surface area contributed by atoms with E-state index in [4.69, 9.17) is 0 Å². The van der Waals surface area contributed by atoms with Crippen LogP contribution < -0.4 is 5.32 Å². The van der Waals surface area contributed by atoms with Crippen molar-refractivity contribution in [1.29, 1.82) is 0 Å². The van der Waals surface area contributed by atoms with Gasteiger partial charge in [-0.1, -0.05) is 0 Å². The van der Waals surface area contributed by atoms with Gasteiger partial charge in [0, 0.05) is 48.3 Å². The van der Waals surface area contributed by atoms with Gasteiger partial charge in [0.1, 0.15) is 0 Å². The van der Waals surface area contributed by atoms with Crippen molar-refractivity contribution in [3.05, 3.63) is 0 Å². The van der Waals surface area contributed by atoms with Crippen molar-refractivity contribution in [3.8, 4) is 0 Å². The van der Waals surface area contributed by atoms with Crippen LogP contribution in [0.4, 0.5) is 0 Å². The quantitative estimate of drug-likeness (QED) is 0.731. The van der Waals surface area contributed by atoms with Gasteiger partial charge in [-0.05, 0) is 83.1 Å². The molecule has 0 aliphatic rings. The van der Waals surface area contributed by atoms with Crippen molar-refractivity contribution < 1.29 is 0 Å². The molecule has 0 aliphatic carbocycles. The Hall–Kier alpha value is -0.120. The number of nitrogens with one attached hydrogen (secondary N) is 1. The molecule has 0 saturated heterocycles. The van der Waals surface area contributed by atoms with Gasteiger partial charge in [0.25, 0.3) is 0 Å². The molecule has 1 N–H and O–H groups in total. The summed E-state index contributed by atoms with van der Waals surface area (Å²) in [5.41, 5.74) is 0.789. The fraction of sp³-hybridized carbons (Fsp3) is 1.00. The first-order chi connectivity index (χ1) is 9.97. The monoisotopic (exact) mass is 327 g/mol. The summed E-state index contributed by atoms with van der Waals surface area (Å²) in [4.78, 5) is 5.16. The average Bonchev–Trinajstić information content (AvgIpc) is 2.19. The molecule has 0 aliphatic heterocycles. The lowest BCUT2D eigenvalue weighted by atomic mass is 9.96. The van der Waals surface area contributed by atoms with Crippen molar-refractivity contribution in [1.82, 2.24) is 15.1 Å². The normalized spacial score (nSPS) is 14.9. The van der Waals surface area contributed by atoms with Crippen molar-refractivity contribution in [3.63, 3.8) is 0 Å². The van der Waals surface area contributed by atoms with E-state index in [1.165, 1.54) is 0 Å². The smallest absolute Gasteiger partial charge is 0.0130 e. The van der Waals surface area contributed by atoms with Crippen molar-refractivity contribution >= 4 is 0 Å². The third kappa shape index (κ3) is 8.51. The molecule has 0 bridgehead atoms. The SMILES string of the molecule is CC(C)(C)N(CCNCCN(C(C)(C)C)C(C)(C)C)C(C)(C)C. The molecule has 0 amide bonds. The molecule has 0 saturated carbocycles. The number of hydrogen-bond acceptors (Lipinski definition) is 3. The lowest BCUT2D eigenvalue weighted by molar-refractivity contribution is 0.0331. The van der Waals surface area contributed by atoms with Crippen molar-refractivity contribution in [2.75, 3.05) is 26.2 Å². The highest BCUT2D eigenvalue weighted by atomic mass is 15.3. The summed E-state index contributed by atoms with van der Waals surface area (Å²) < 4.78 is 0. The molecule has 0 aromatic carbocycles. The first-order valence-corrected chi connectivity index (χ1v) is 9.23. The van der Waals surface area contributed by atoms with Gasteiger partial charge in [0.15, 0.2) is 0 Å². The van der Waals surface area contributed by atoms with Gasteiger partial charge in [-0.2, -0.15) is 0 Å². The van der Waals surface area contributed by atoms with E-state index in [0.29, 0.717) is 0 Å². The minimum Gasteiger partial charge on any atom is -0.314 e. The fourth-order valence-electron chi connectivity index (χ4n) is 3.86. The Balaban J connectivity index is 4.46. The van der Waals surface area contributed by atoms with Crippen LogP contribution in [0.2, 0.25) is 0 Å². The summed E-state index contributed by atoms with van der Waals surface area (Å²) in [7, 11) is 0. The molecule has 3 heteroatoms. The van der Waals surface area contributed by atoms with Gasteiger partial charge >= 0.3 is 0 Å². The van der Waals surface area contributed by atoms with Gasteiger partial charge in [-0.15, -0.1) is 0 Å². The zero-order chi connectivity index (χ0) is 18.7. The zero-order valence-corrected chi connectivity index (χ0v) is 18.2. The Morgan fingerprint density at radius 1 is 0.478 bits per heavy atom. The van der Waals surface area contributed by atoms with Gasteiger partial charge in [0.05, 0.1) is 0 Å². The third-order valence-electron chi connectivity index (χ3n) is 4.26. The molecule has 0 aromatic rings. The molecule has 0 spiro atoms. The van der Waals surface area contributed by atoms with Crippen LogP contribution in [0.15, 0.2) is 0 Å². The van der Waals surface area contributed by atoms with Gasteiger partial charge in [-0.3, -0.25) is 9.80 Å². The van der Waals surface area contributed by atoms with E-state index in [1.807, 2.05) is 0 Å². The van der Waals surface area contributed by atoms with Crippen LogP contribution in [0, 0.1) is 0 Å². The van der Waals surface area contributed by atoms with Gasteiger partial charge in [-0.25, -0.2) is 0 Å². The molecular formula is C20H45N3. The number of nitrogens with zero attached hydrogens (tertiary/aromatic N) is 2. The maximum Gasteiger partial charge on any atom is 0.0130 e. The first kappa shape index (κ1) is 22.9. The maximum atomic E-state index is 3.65. The molecule has 0 fully saturated rings. The number of rotatable bonds is 6.